The van der Waals surface area contributed by atoms with Gasteiger partial charge in [0.25, 0.3) is 0 Å². The summed E-state index contributed by atoms with van der Waals surface area (Å²) >= 11 is 0. The number of carboxylic acid groups (broad SMARTS) is 1. The average molecular weight is 501 g/mol. The van der Waals surface area contributed by atoms with Gasteiger partial charge in [-0.05, 0) is 56.9 Å². The molecular formula is C23H44N6O6. The number of rotatable bonds is 18. The Labute approximate surface area is 207 Å². The van der Waals surface area contributed by atoms with Crippen molar-refractivity contribution in [3.8, 4) is 0 Å². The number of carbonyl (C=O) groups is 5. The summed E-state index contributed by atoms with van der Waals surface area (Å²) in [5, 5.41) is 17.0. The molecule has 202 valence electrons. The zero-order valence-corrected chi connectivity index (χ0v) is 21.3. The summed E-state index contributed by atoms with van der Waals surface area (Å²) in [5.74, 6) is -3.61. The minimum Gasteiger partial charge on any atom is -0.480 e. The minimum absolute atomic E-state index is 0.00718. The molecule has 0 rings (SSSR count). The summed E-state index contributed by atoms with van der Waals surface area (Å²) < 4.78 is 0. The van der Waals surface area contributed by atoms with Gasteiger partial charge in [0, 0.05) is 6.42 Å². The number of aliphatic carboxylic acids is 1. The van der Waals surface area contributed by atoms with Gasteiger partial charge in [0.15, 0.2) is 0 Å². The third kappa shape index (κ3) is 14.3. The van der Waals surface area contributed by atoms with Crippen LogP contribution in [0.25, 0.3) is 0 Å². The Morgan fingerprint density at radius 2 is 1.23 bits per heavy atom. The van der Waals surface area contributed by atoms with Gasteiger partial charge in [-0.3, -0.25) is 19.2 Å². The Morgan fingerprint density at radius 1 is 0.743 bits per heavy atom. The summed E-state index contributed by atoms with van der Waals surface area (Å²) in [5.41, 5.74) is 16.7. The second-order valence-corrected chi connectivity index (χ2v) is 9.68. The number of hydrogen-bond donors (Lipinski definition) is 7. The lowest BCUT2D eigenvalue weighted by atomic mass is 10.0. The fourth-order valence-corrected chi connectivity index (χ4v) is 3.45. The molecule has 0 bridgehead atoms. The summed E-state index contributed by atoms with van der Waals surface area (Å²) in [6, 6.07) is -4.17. The quantitative estimate of drug-likeness (QED) is 0.119. The third-order valence-electron chi connectivity index (χ3n) is 5.28. The van der Waals surface area contributed by atoms with Gasteiger partial charge >= 0.3 is 5.97 Å². The highest BCUT2D eigenvalue weighted by Gasteiger charge is 2.30. The molecule has 0 aliphatic carbocycles. The lowest BCUT2D eigenvalue weighted by molar-refractivity contribution is -0.143. The van der Waals surface area contributed by atoms with Crippen LogP contribution in [0.2, 0.25) is 0 Å². The second kappa shape index (κ2) is 16.8. The van der Waals surface area contributed by atoms with Crippen molar-refractivity contribution >= 4 is 29.6 Å². The fourth-order valence-electron chi connectivity index (χ4n) is 3.45. The highest BCUT2D eigenvalue weighted by atomic mass is 16.4. The Bertz CT molecular complexity index is 715. The average Bonchev–Trinajstić information content (AvgIpc) is 2.74. The number of nitrogens with one attached hydrogen (secondary N) is 3. The smallest absolute Gasteiger partial charge is 0.326 e. The predicted octanol–water partition coefficient (Wildman–Crippen LogP) is -0.661. The SMILES string of the molecule is CC(C)CC(N)C(=O)NC(CCCCN)C(=O)NC(CCC(N)=O)C(=O)NC(CC(C)C)C(=O)O. The number of hydrogen-bond acceptors (Lipinski definition) is 7. The highest BCUT2D eigenvalue weighted by Crippen LogP contribution is 2.09. The van der Waals surface area contributed by atoms with E-state index in [1.54, 1.807) is 0 Å². The van der Waals surface area contributed by atoms with Crippen molar-refractivity contribution in [3.05, 3.63) is 0 Å². The molecule has 0 spiro atoms. The van der Waals surface area contributed by atoms with Crippen molar-refractivity contribution in [2.45, 2.75) is 96.8 Å². The van der Waals surface area contributed by atoms with E-state index in [1.165, 1.54) is 0 Å². The largest absolute Gasteiger partial charge is 0.480 e. The van der Waals surface area contributed by atoms with Crippen molar-refractivity contribution in [3.63, 3.8) is 0 Å². The molecule has 0 aromatic rings. The number of amides is 4. The lowest BCUT2D eigenvalue weighted by Gasteiger charge is -2.25. The number of carbonyl (C=O) groups excluding carboxylic acids is 4. The van der Waals surface area contributed by atoms with Crippen molar-refractivity contribution in [1.82, 2.24) is 16.0 Å². The van der Waals surface area contributed by atoms with Crippen LogP contribution in [0.15, 0.2) is 0 Å². The van der Waals surface area contributed by atoms with Crippen molar-refractivity contribution in [2.24, 2.45) is 29.0 Å². The topological polar surface area (TPSA) is 220 Å². The Kier molecular flexibility index (Phi) is 15.5. The minimum atomic E-state index is -1.22. The van der Waals surface area contributed by atoms with E-state index in [1.807, 2.05) is 27.7 Å². The van der Waals surface area contributed by atoms with Gasteiger partial charge in [-0.15, -0.1) is 0 Å². The molecule has 10 N–H and O–H groups in total. The number of carboxylic acids is 1. The van der Waals surface area contributed by atoms with Gasteiger partial charge in [0.1, 0.15) is 18.1 Å². The van der Waals surface area contributed by atoms with Gasteiger partial charge in [-0.25, -0.2) is 4.79 Å². The molecule has 0 aliphatic heterocycles. The molecule has 0 saturated carbocycles. The first-order valence-electron chi connectivity index (χ1n) is 12.2. The fraction of sp³-hybridized carbons (Fsp3) is 0.783. The molecule has 4 unspecified atom stereocenters. The van der Waals surface area contributed by atoms with Crippen molar-refractivity contribution in [2.75, 3.05) is 6.54 Å². The Hall–Kier alpha value is -2.73. The lowest BCUT2D eigenvalue weighted by Crippen LogP contribution is -2.57. The zero-order chi connectivity index (χ0) is 27.1. The first-order valence-corrected chi connectivity index (χ1v) is 12.2. The first-order chi connectivity index (χ1) is 16.3. The summed E-state index contributed by atoms with van der Waals surface area (Å²) in [6.07, 6.45) is 1.71. The van der Waals surface area contributed by atoms with Crippen LogP contribution in [-0.2, 0) is 24.0 Å². The van der Waals surface area contributed by atoms with Crippen LogP contribution in [0.4, 0.5) is 0 Å². The van der Waals surface area contributed by atoms with E-state index >= 15 is 0 Å². The standard InChI is InChI=1S/C23H44N6O6/c1-13(2)11-15(25)20(31)27-16(7-5-6-10-24)21(32)28-17(8-9-19(26)30)22(33)29-18(23(34)35)12-14(3)4/h13-18H,5-12,24-25H2,1-4H3,(H2,26,30)(H,27,31)(H,28,32)(H,29,33)(H,34,35). The molecule has 0 heterocycles. The van der Waals surface area contributed by atoms with E-state index in [4.69, 9.17) is 17.2 Å². The molecule has 0 saturated heterocycles. The molecule has 0 aromatic carbocycles. The highest BCUT2D eigenvalue weighted by molar-refractivity contribution is 5.94. The van der Waals surface area contributed by atoms with E-state index < -0.39 is 53.8 Å². The molecule has 0 fully saturated rings. The van der Waals surface area contributed by atoms with Gasteiger partial charge in [0.05, 0.1) is 6.04 Å². The molecule has 0 aliphatic rings. The number of primary amides is 1. The van der Waals surface area contributed by atoms with Crippen molar-refractivity contribution in [1.29, 1.82) is 0 Å². The van der Waals surface area contributed by atoms with Crippen LogP contribution < -0.4 is 33.2 Å². The van der Waals surface area contributed by atoms with Crippen molar-refractivity contribution < 1.29 is 29.1 Å². The van der Waals surface area contributed by atoms with Gasteiger partial charge in [0.2, 0.25) is 23.6 Å². The monoisotopic (exact) mass is 500 g/mol. The Balaban J connectivity index is 5.57. The van der Waals surface area contributed by atoms with E-state index in [-0.39, 0.29) is 37.5 Å². The third-order valence-corrected chi connectivity index (χ3v) is 5.28. The molecule has 0 aromatic heterocycles. The van der Waals surface area contributed by atoms with Crippen LogP contribution >= 0.6 is 0 Å². The van der Waals surface area contributed by atoms with Crippen LogP contribution in [-0.4, -0.2) is 65.4 Å². The maximum absolute atomic E-state index is 13.1. The van der Waals surface area contributed by atoms with Gasteiger partial charge in [-0.2, -0.15) is 0 Å². The van der Waals surface area contributed by atoms with Gasteiger partial charge < -0.3 is 38.3 Å². The van der Waals surface area contributed by atoms with Crippen LogP contribution in [0.3, 0.4) is 0 Å². The molecule has 4 atom stereocenters. The number of unbranched alkanes of at least 4 members (excludes halogenated alkanes) is 1. The molecular weight excluding hydrogens is 456 g/mol. The van der Waals surface area contributed by atoms with E-state index in [0.29, 0.717) is 25.8 Å². The predicted molar refractivity (Wildman–Crippen MR) is 132 cm³/mol. The second-order valence-electron chi connectivity index (χ2n) is 9.68. The summed E-state index contributed by atoms with van der Waals surface area (Å²) in [4.78, 5) is 61.3. The zero-order valence-electron chi connectivity index (χ0n) is 21.3. The van der Waals surface area contributed by atoms with E-state index in [0.717, 1.165) is 0 Å². The maximum Gasteiger partial charge on any atom is 0.326 e. The molecule has 12 nitrogen and oxygen atoms in total. The summed E-state index contributed by atoms with van der Waals surface area (Å²) in [6.45, 7) is 7.87. The van der Waals surface area contributed by atoms with Gasteiger partial charge in [-0.1, -0.05) is 27.7 Å². The molecule has 4 amide bonds. The molecule has 12 heteroatoms. The summed E-state index contributed by atoms with van der Waals surface area (Å²) in [7, 11) is 0. The maximum atomic E-state index is 13.1. The first kappa shape index (κ1) is 32.3. The van der Waals surface area contributed by atoms with E-state index in [2.05, 4.69) is 16.0 Å². The van der Waals surface area contributed by atoms with Crippen LogP contribution in [0.1, 0.15) is 72.6 Å². The number of nitrogens with two attached hydrogens (primary N) is 3. The normalized spacial score (nSPS) is 14.6. The Morgan fingerprint density at radius 3 is 1.69 bits per heavy atom. The van der Waals surface area contributed by atoms with E-state index in [9.17, 15) is 29.1 Å². The molecule has 35 heavy (non-hydrogen) atoms. The molecule has 0 radical (unpaired) electrons. The van der Waals surface area contributed by atoms with Crippen LogP contribution in [0, 0.1) is 11.8 Å². The van der Waals surface area contributed by atoms with Crippen LogP contribution in [0.5, 0.6) is 0 Å².